The van der Waals surface area contributed by atoms with Crippen molar-refractivity contribution < 1.29 is 9.59 Å². The lowest BCUT2D eigenvalue weighted by Gasteiger charge is -1.98. The molecular formula is C8H11N3O2S. The number of hydrogen-bond donors (Lipinski definition) is 3. The van der Waals surface area contributed by atoms with Crippen molar-refractivity contribution in [2.24, 2.45) is 11.5 Å². The maximum absolute atomic E-state index is 11.0. The second kappa shape index (κ2) is 4.10. The maximum atomic E-state index is 11.0. The van der Waals surface area contributed by atoms with Gasteiger partial charge in [-0.25, -0.2) is 4.79 Å². The number of urea groups is 1. The largest absolute Gasteiger partial charge is 0.366 e. The lowest BCUT2D eigenvalue weighted by Crippen LogP contribution is -2.21. The highest BCUT2D eigenvalue weighted by Gasteiger charge is 2.13. The summed E-state index contributed by atoms with van der Waals surface area (Å²) in [6.07, 6.45) is 0.783. The molecule has 14 heavy (non-hydrogen) atoms. The average molecular weight is 213 g/mol. The van der Waals surface area contributed by atoms with E-state index in [0.29, 0.717) is 10.6 Å². The number of amides is 3. The van der Waals surface area contributed by atoms with E-state index in [9.17, 15) is 9.59 Å². The maximum Gasteiger partial charge on any atom is 0.317 e. The molecule has 0 aromatic carbocycles. The Morgan fingerprint density at radius 3 is 2.57 bits per heavy atom. The fourth-order valence-corrected chi connectivity index (χ4v) is 2.01. The van der Waals surface area contributed by atoms with Gasteiger partial charge in [-0.1, -0.05) is 6.92 Å². The molecule has 1 aromatic heterocycles. The third kappa shape index (κ3) is 2.23. The number of carbonyl (C=O) groups excluding carboxylic acids is 2. The van der Waals surface area contributed by atoms with Gasteiger partial charge in [0.25, 0.3) is 5.91 Å². The number of primary amides is 2. The molecule has 1 heterocycles. The molecule has 0 aliphatic carbocycles. The minimum atomic E-state index is -0.697. The van der Waals surface area contributed by atoms with E-state index in [2.05, 4.69) is 5.32 Å². The molecule has 0 saturated carbocycles. The van der Waals surface area contributed by atoms with E-state index in [0.717, 1.165) is 11.3 Å². The van der Waals surface area contributed by atoms with Crippen LogP contribution in [0.15, 0.2) is 6.07 Å². The highest BCUT2D eigenvalue weighted by molar-refractivity contribution is 7.16. The van der Waals surface area contributed by atoms with E-state index >= 15 is 0 Å². The van der Waals surface area contributed by atoms with Gasteiger partial charge in [-0.05, 0) is 12.5 Å². The number of nitrogens with two attached hydrogens (primary N) is 2. The smallest absolute Gasteiger partial charge is 0.317 e. The topological polar surface area (TPSA) is 98.2 Å². The summed E-state index contributed by atoms with van der Waals surface area (Å²) in [5.41, 5.74) is 10.4. The molecule has 0 unspecified atom stereocenters. The van der Waals surface area contributed by atoms with Crippen molar-refractivity contribution in [3.63, 3.8) is 0 Å². The number of thiophene rings is 1. The Kier molecular flexibility index (Phi) is 3.08. The van der Waals surface area contributed by atoms with E-state index in [1.54, 1.807) is 6.07 Å². The van der Waals surface area contributed by atoms with E-state index < -0.39 is 11.9 Å². The van der Waals surface area contributed by atoms with Gasteiger partial charge in [0.1, 0.15) is 5.00 Å². The SMILES string of the molecule is CCc1cc(C(N)=O)c(NC(N)=O)s1. The lowest BCUT2D eigenvalue weighted by atomic mass is 10.2. The molecule has 0 saturated heterocycles. The Bertz CT molecular complexity index is 373. The molecule has 76 valence electrons. The summed E-state index contributed by atoms with van der Waals surface area (Å²) in [7, 11) is 0. The summed E-state index contributed by atoms with van der Waals surface area (Å²) in [4.78, 5) is 22.6. The minimum Gasteiger partial charge on any atom is -0.366 e. The standard InChI is InChI=1S/C8H11N3O2S/c1-2-4-3-5(6(9)12)7(14-4)11-8(10)13/h3H,2H2,1H3,(H2,9,12)(H3,10,11,13). The second-order valence-electron chi connectivity index (χ2n) is 2.66. The van der Waals surface area contributed by atoms with Gasteiger partial charge < -0.3 is 11.5 Å². The van der Waals surface area contributed by atoms with Crippen molar-refractivity contribution in [3.05, 3.63) is 16.5 Å². The summed E-state index contributed by atoms with van der Waals surface area (Å²) in [6.45, 7) is 1.95. The zero-order valence-corrected chi connectivity index (χ0v) is 8.48. The van der Waals surface area contributed by atoms with Crippen LogP contribution >= 0.6 is 11.3 Å². The summed E-state index contributed by atoms with van der Waals surface area (Å²) < 4.78 is 0. The van der Waals surface area contributed by atoms with Crippen LogP contribution in [0.3, 0.4) is 0 Å². The third-order valence-corrected chi connectivity index (χ3v) is 2.83. The van der Waals surface area contributed by atoms with Crippen LogP contribution in [0.5, 0.6) is 0 Å². The highest BCUT2D eigenvalue weighted by atomic mass is 32.1. The minimum absolute atomic E-state index is 0.311. The number of hydrogen-bond acceptors (Lipinski definition) is 3. The molecule has 0 aliphatic heterocycles. The summed E-state index contributed by atoms with van der Waals surface area (Å²) in [5, 5.41) is 2.78. The molecule has 1 rings (SSSR count). The Morgan fingerprint density at radius 2 is 2.14 bits per heavy atom. The zero-order valence-electron chi connectivity index (χ0n) is 7.66. The fraction of sp³-hybridized carbons (Fsp3) is 0.250. The van der Waals surface area contributed by atoms with Gasteiger partial charge in [-0.15, -0.1) is 11.3 Å². The van der Waals surface area contributed by atoms with Crippen LogP contribution in [0.1, 0.15) is 22.2 Å². The van der Waals surface area contributed by atoms with Gasteiger partial charge >= 0.3 is 6.03 Å². The predicted octanol–water partition coefficient (Wildman–Crippen LogP) is 0.900. The number of anilines is 1. The summed E-state index contributed by atoms with van der Waals surface area (Å²) in [6, 6.07) is 0.968. The molecule has 0 fully saturated rings. The van der Waals surface area contributed by atoms with Gasteiger partial charge in [0, 0.05) is 4.88 Å². The van der Waals surface area contributed by atoms with Crippen LogP contribution in [0.2, 0.25) is 0 Å². The number of aryl methyl sites for hydroxylation is 1. The first-order valence-electron chi connectivity index (χ1n) is 4.03. The van der Waals surface area contributed by atoms with Gasteiger partial charge in [0.2, 0.25) is 0 Å². The molecule has 0 radical (unpaired) electrons. The van der Waals surface area contributed by atoms with E-state index in [1.165, 1.54) is 11.3 Å². The second-order valence-corrected chi connectivity index (χ2v) is 3.80. The van der Waals surface area contributed by atoms with E-state index in [4.69, 9.17) is 11.5 Å². The van der Waals surface area contributed by atoms with E-state index in [-0.39, 0.29) is 0 Å². The molecule has 1 aromatic rings. The molecule has 0 atom stereocenters. The van der Waals surface area contributed by atoms with Gasteiger partial charge in [-0.2, -0.15) is 0 Å². The third-order valence-electron chi connectivity index (χ3n) is 1.63. The molecule has 6 heteroatoms. The number of rotatable bonds is 3. The average Bonchev–Trinajstić information content (AvgIpc) is 2.46. The van der Waals surface area contributed by atoms with Gasteiger partial charge in [-0.3, -0.25) is 10.1 Å². The predicted molar refractivity (Wildman–Crippen MR) is 55.4 cm³/mol. The highest BCUT2D eigenvalue weighted by Crippen LogP contribution is 2.27. The van der Waals surface area contributed by atoms with Crippen LogP contribution in [0.25, 0.3) is 0 Å². The molecule has 5 N–H and O–H groups in total. The number of carbonyl (C=O) groups is 2. The number of nitrogens with one attached hydrogen (secondary N) is 1. The van der Waals surface area contributed by atoms with Crippen LogP contribution in [-0.2, 0) is 6.42 Å². The Hall–Kier alpha value is -1.56. The van der Waals surface area contributed by atoms with Crippen molar-refractivity contribution in [1.82, 2.24) is 0 Å². The van der Waals surface area contributed by atoms with Crippen molar-refractivity contribution in [2.75, 3.05) is 5.32 Å². The summed E-state index contributed by atoms with van der Waals surface area (Å²) in [5.74, 6) is -0.565. The normalized spacial score (nSPS) is 9.79. The molecular weight excluding hydrogens is 202 g/mol. The fourth-order valence-electron chi connectivity index (χ4n) is 1.00. The Balaban J connectivity index is 3.05. The molecule has 5 nitrogen and oxygen atoms in total. The first-order valence-corrected chi connectivity index (χ1v) is 4.85. The van der Waals surface area contributed by atoms with Crippen LogP contribution in [-0.4, -0.2) is 11.9 Å². The van der Waals surface area contributed by atoms with Gasteiger partial charge in [0.05, 0.1) is 5.56 Å². The van der Waals surface area contributed by atoms with E-state index in [1.807, 2.05) is 6.92 Å². The first-order chi connectivity index (χ1) is 6.54. The zero-order chi connectivity index (χ0) is 10.7. The lowest BCUT2D eigenvalue weighted by molar-refractivity contribution is 0.100. The molecule has 3 amide bonds. The Labute approximate surface area is 85.1 Å². The first kappa shape index (κ1) is 10.5. The van der Waals surface area contributed by atoms with Crippen LogP contribution < -0.4 is 16.8 Å². The molecule has 0 spiro atoms. The van der Waals surface area contributed by atoms with Crippen molar-refractivity contribution in [1.29, 1.82) is 0 Å². The van der Waals surface area contributed by atoms with Crippen molar-refractivity contribution >= 4 is 28.3 Å². The molecule has 0 aliphatic rings. The summed E-state index contributed by atoms with van der Waals surface area (Å²) >= 11 is 1.30. The quantitative estimate of drug-likeness (QED) is 0.695. The van der Waals surface area contributed by atoms with Crippen molar-refractivity contribution in [2.45, 2.75) is 13.3 Å². The monoisotopic (exact) mass is 213 g/mol. The Morgan fingerprint density at radius 1 is 1.50 bits per heavy atom. The van der Waals surface area contributed by atoms with Crippen LogP contribution in [0.4, 0.5) is 9.80 Å². The van der Waals surface area contributed by atoms with Crippen molar-refractivity contribution in [3.8, 4) is 0 Å². The van der Waals surface area contributed by atoms with Crippen LogP contribution in [0, 0.1) is 0 Å². The van der Waals surface area contributed by atoms with Gasteiger partial charge in [0.15, 0.2) is 0 Å². The molecule has 0 bridgehead atoms.